The van der Waals surface area contributed by atoms with Crippen LogP contribution in [-0.4, -0.2) is 60.2 Å². The molecule has 2 heterocycles. The zero-order valence-electron chi connectivity index (χ0n) is 10.6. The number of nitrogens with zero attached hydrogens (tertiary/aromatic N) is 3. The van der Waals surface area contributed by atoms with Crippen LogP contribution in [0.25, 0.3) is 0 Å². The van der Waals surface area contributed by atoms with Gasteiger partial charge in [0.15, 0.2) is 6.10 Å². The van der Waals surface area contributed by atoms with Crippen LogP contribution < -0.4 is 10.2 Å². The number of hydrogen-bond donors (Lipinski definition) is 2. The maximum Gasteiger partial charge on any atom is 0.416 e. The van der Waals surface area contributed by atoms with E-state index in [-0.39, 0.29) is 19.8 Å². The highest BCUT2D eigenvalue weighted by Crippen LogP contribution is 2.27. The highest BCUT2D eigenvalue weighted by molar-refractivity contribution is 5.48. The Balaban J connectivity index is 2.07. The van der Waals surface area contributed by atoms with Crippen LogP contribution in [0, 0.1) is 0 Å². The minimum absolute atomic E-state index is 0.00637. The summed E-state index contributed by atoms with van der Waals surface area (Å²) in [5, 5.41) is 11.5. The van der Waals surface area contributed by atoms with Gasteiger partial charge in [-0.2, -0.15) is 13.2 Å². The summed E-state index contributed by atoms with van der Waals surface area (Å²) in [4.78, 5) is 9.41. The fourth-order valence-electron chi connectivity index (χ4n) is 1.86. The number of aromatic nitrogens is 2. The van der Waals surface area contributed by atoms with E-state index in [1.807, 2.05) is 0 Å². The van der Waals surface area contributed by atoms with E-state index in [1.165, 1.54) is 11.2 Å². The smallest absolute Gasteiger partial charge is 0.395 e. The van der Waals surface area contributed by atoms with Gasteiger partial charge in [-0.3, -0.25) is 0 Å². The summed E-state index contributed by atoms with van der Waals surface area (Å²) in [6, 6.07) is 1.55. The summed E-state index contributed by atoms with van der Waals surface area (Å²) in [5.74, 6) is 0.858. The molecule has 0 bridgehead atoms. The number of hydrogen-bond acceptors (Lipinski definition) is 6. The number of rotatable bonds is 4. The number of anilines is 2. The predicted molar refractivity (Wildman–Crippen MR) is 65.6 cm³/mol. The molecule has 2 rings (SSSR count). The van der Waals surface area contributed by atoms with Crippen molar-refractivity contribution in [1.29, 1.82) is 0 Å². The standard InChI is InChI=1S/C11H15F3N4O2/c12-11(13,14)8-6-18(2-4-20-8)10-5-9(15-1-3-19)16-7-17-10/h5,7-8,19H,1-4,6H2,(H,15,16,17)/t8-/m0/s1. The second-order valence-electron chi connectivity index (χ2n) is 4.26. The Bertz CT molecular complexity index is 444. The maximum atomic E-state index is 12.7. The number of aliphatic hydroxyl groups excluding tert-OH is 1. The average Bonchev–Trinajstić information content (AvgIpc) is 2.45. The normalized spacial score (nSPS) is 20.0. The fraction of sp³-hybridized carbons (Fsp3) is 0.636. The van der Waals surface area contributed by atoms with Crippen molar-refractivity contribution in [1.82, 2.24) is 9.97 Å². The molecule has 0 aliphatic carbocycles. The number of nitrogens with one attached hydrogen (secondary N) is 1. The molecule has 1 atom stereocenters. The molecule has 1 fully saturated rings. The van der Waals surface area contributed by atoms with Gasteiger partial charge < -0.3 is 20.1 Å². The molecule has 6 nitrogen and oxygen atoms in total. The van der Waals surface area contributed by atoms with Crippen LogP contribution in [0.2, 0.25) is 0 Å². The van der Waals surface area contributed by atoms with Gasteiger partial charge in [-0.15, -0.1) is 0 Å². The largest absolute Gasteiger partial charge is 0.416 e. The number of halogens is 3. The summed E-state index contributed by atoms with van der Waals surface area (Å²) in [7, 11) is 0. The molecule has 2 N–H and O–H groups in total. The van der Waals surface area contributed by atoms with E-state index in [9.17, 15) is 13.2 Å². The minimum Gasteiger partial charge on any atom is -0.395 e. The Morgan fingerprint density at radius 1 is 1.45 bits per heavy atom. The van der Waals surface area contributed by atoms with E-state index in [4.69, 9.17) is 9.84 Å². The summed E-state index contributed by atoms with van der Waals surface area (Å²) in [5.41, 5.74) is 0. The van der Waals surface area contributed by atoms with Crippen molar-refractivity contribution in [3.05, 3.63) is 12.4 Å². The van der Waals surface area contributed by atoms with Gasteiger partial charge in [0, 0.05) is 19.2 Å². The molecular weight excluding hydrogens is 277 g/mol. The molecule has 0 saturated carbocycles. The summed E-state index contributed by atoms with van der Waals surface area (Å²) in [6.07, 6.45) is -4.92. The zero-order chi connectivity index (χ0) is 14.6. The fourth-order valence-corrected chi connectivity index (χ4v) is 1.86. The number of morpholine rings is 1. The molecular formula is C11H15F3N4O2. The summed E-state index contributed by atoms with van der Waals surface area (Å²) in [6.45, 7) is 0.286. The van der Waals surface area contributed by atoms with Crippen LogP contribution in [0.1, 0.15) is 0 Å². The lowest BCUT2D eigenvalue weighted by atomic mass is 10.2. The molecule has 0 spiro atoms. The highest BCUT2D eigenvalue weighted by Gasteiger charge is 2.43. The lowest BCUT2D eigenvalue weighted by Crippen LogP contribution is -2.49. The Morgan fingerprint density at radius 2 is 2.25 bits per heavy atom. The number of alkyl halides is 3. The van der Waals surface area contributed by atoms with E-state index in [0.29, 0.717) is 24.7 Å². The molecule has 1 aliphatic heterocycles. The van der Waals surface area contributed by atoms with E-state index < -0.39 is 12.3 Å². The molecule has 1 aromatic heterocycles. The third kappa shape index (κ3) is 3.70. The van der Waals surface area contributed by atoms with E-state index in [2.05, 4.69) is 15.3 Å². The quantitative estimate of drug-likeness (QED) is 0.849. The van der Waals surface area contributed by atoms with Gasteiger partial charge in [-0.1, -0.05) is 0 Å². The predicted octanol–water partition coefficient (Wildman–Crippen LogP) is 0.648. The molecule has 20 heavy (non-hydrogen) atoms. The first-order valence-electron chi connectivity index (χ1n) is 6.11. The SMILES string of the molecule is OCCNc1cc(N2CCO[C@H](C(F)(F)F)C2)ncn1. The highest BCUT2D eigenvalue weighted by atomic mass is 19.4. The zero-order valence-corrected chi connectivity index (χ0v) is 10.6. The van der Waals surface area contributed by atoms with Crippen LogP contribution in [0.4, 0.5) is 24.8 Å². The first-order valence-corrected chi connectivity index (χ1v) is 6.11. The van der Waals surface area contributed by atoms with Gasteiger partial charge >= 0.3 is 6.18 Å². The van der Waals surface area contributed by atoms with Gasteiger partial charge in [0.2, 0.25) is 0 Å². The monoisotopic (exact) mass is 292 g/mol. The van der Waals surface area contributed by atoms with E-state index in [1.54, 1.807) is 6.07 Å². The molecule has 0 radical (unpaired) electrons. The van der Waals surface area contributed by atoms with Gasteiger partial charge in [0.25, 0.3) is 0 Å². The lowest BCUT2D eigenvalue weighted by molar-refractivity contribution is -0.221. The molecule has 1 aliphatic rings. The van der Waals surface area contributed by atoms with Gasteiger partial charge in [0.05, 0.1) is 19.8 Å². The topological polar surface area (TPSA) is 70.5 Å². The average molecular weight is 292 g/mol. The Morgan fingerprint density at radius 3 is 2.95 bits per heavy atom. The van der Waals surface area contributed by atoms with Crippen LogP contribution >= 0.6 is 0 Å². The van der Waals surface area contributed by atoms with E-state index >= 15 is 0 Å². The molecule has 1 aromatic rings. The van der Waals surface area contributed by atoms with Crippen LogP contribution in [0.3, 0.4) is 0 Å². The second kappa shape index (κ2) is 6.23. The van der Waals surface area contributed by atoms with Crippen molar-refractivity contribution in [2.75, 3.05) is 43.1 Å². The van der Waals surface area contributed by atoms with Crippen molar-refractivity contribution >= 4 is 11.6 Å². The Hall–Kier alpha value is -1.61. The summed E-state index contributed by atoms with van der Waals surface area (Å²) >= 11 is 0. The second-order valence-corrected chi connectivity index (χ2v) is 4.26. The summed E-state index contributed by atoms with van der Waals surface area (Å²) < 4.78 is 42.7. The van der Waals surface area contributed by atoms with Crippen molar-refractivity contribution < 1.29 is 23.0 Å². The van der Waals surface area contributed by atoms with Gasteiger partial charge in [-0.25, -0.2) is 9.97 Å². The van der Waals surface area contributed by atoms with Gasteiger partial charge in [0.1, 0.15) is 18.0 Å². The maximum absolute atomic E-state index is 12.7. The Labute approximate surface area is 113 Å². The van der Waals surface area contributed by atoms with Crippen molar-refractivity contribution in [3.8, 4) is 0 Å². The third-order valence-corrected chi connectivity index (χ3v) is 2.83. The minimum atomic E-state index is -4.39. The number of aliphatic hydroxyl groups is 1. The number of ether oxygens (including phenoxy) is 1. The first-order chi connectivity index (χ1) is 9.50. The van der Waals surface area contributed by atoms with Crippen LogP contribution in [0.15, 0.2) is 12.4 Å². The molecule has 9 heteroatoms. The third-order valence-electron chi connectivity index (χ3n) is 2.83. The molecule has 112 valence electrons. The van der Waals surface area contributed by atoms with Gasteiger partial charge in [-0.05, 0) is 0 Å². The first kappa shape index (κ1) is 14.8. The van der Waals surface area contributed by atoms with Crippen molar-refractivity contribution in [2.45, 2.75) is 12.3 Å². The molecule has 0 amide bonds. The molecule has 0 aromatic carbocycles. The van der Waals surface area contributed by atoms with Crippen LogP contribution in [-0.2, 0) is 4.74 Å². The molecule has 0 unspecified atom stereocenters. The molecule has 1 saturated heterocycles. The Kier molecular flexibility index (Phi) is 4.61. The van der Waals surface area contributed by atoms with Crippen molar-refractivity contribution in [2.24, 2.45) is 0 Å². The van der Waals surface area contributed by atoms with Crippen molar-refractivity contribution in [3.63, 3.8) is 0 Å². The van der Waals surface area contributed by atoms with E-state index in [0.717, 1.165) is 0 Å². The lowest BCUT2D eigenvalue weighted by Gasteiger charge is -2.34. The van der Waals surface area contributed by atoms with Crippen LogP contribution in [0.5, 0.6) is 0 Å².